The van der Waals surface area contributed by atoms with Crippen molar-refractivity contribution >= 4 is 24.0 Å². The van der Waals surface area contributed by atoms with Crippen molar-refractivity contribution in [2.24, 2.45) is 0 Å². The zero-order valence-electron chi connectivity index (χ0n) is 17.4. The Balaban J connectivity index is 0.00000272. The SMILES string of the molecule is COc1cccc(C2(O)CCN(C(O)Cc3ccc4c(c3F)CCC(=O)N4)CC2)c1.Cl. The topological polar surface area (TPSA) is 82.0 Å². The molecule has 6 nitrogen and oxygen atoms in total. The number of amides is 1. The van der Waals surface area contributed by atoms with Crippen LogP contribution in [-0.4, -0.2) is 47.4 Å². The number of carbonyl (C=O) groups excluding carboxylic acids is 1. The molecule has 1 unspecified atom stereocenters. The van der Waals surface area contributed by atoms with Crippen molar-refractivity contribution in [3.63, 3.8) is 0 Å². The van der Waals surface area contributed by atoms with Crippen LogP contribution in [0.15, 0.2) is 36.4 Å². The van der Waals surface area contributed by atoms with Crippen LogP contribution in [-0.2, 0) is 23.2 Å². The number of hydrogen-bond acceptors (Lipinski definition) is 5. The second kappa shape index (κ2) is 9.53. The van der Waals surface area contributed by atoms with Crippen molar-refractivity contribution in [2.45, 2.75) is 43.9 Å². The maximum absolute atomic E-state index is 14.9. The van der Waals surface area contributed by atoms with Crippen LogP contribution in [0, 0.1) is 5.82 Å². The number of halogens is 2. The Kier molecular flexibility index (Phi) is 7.21. The van der Waals surface area contributed by atoms with Crippen LogP contribution >= 0.6 is 12.4 Å². The van der Waals surface area contributed by atoms with Crippen LogP contribution < -0.4 is 10.1 Å². The van der Waals surface area contributed by atoms with Gasteiger partial charge in [0, 0.05) is 37.2 Å². The third kappa shape index (κ3) is 4.85. The molecule has 0 aliphatic carbocycles. The second-order valence-corrected chi connectivity index (χ2v) is 8.10. The minimum Gasteiger partial charge on any atom is -0.497 e. The first-order chi connectivity index (χ1) is 14.4. The predicted molar refractivity (Wildman–Crippen MR) is 118 cm³/mol. The fraction of sp³-hybridized carbons (Fsp3) is 0.435. The average molecular weight is 451 g/mol. The molecule has 0 aromatic heterocycles. The van der Waals surface area contributed by atoms with Gasteiger partial charge in [-0.2, -0.15) is 0 Å². The minimum absolute atomic E-state index is 0. The summed E-state index contributed by atoms with van der Waals surface area (Å²) in [5, 5.41) is 24.5. The van der Waals surface area contributed by atoms with Gasteiger partial charge >= 0.3 is 0 Å². The van der Waals surface area contributed by atoms with Crippen LogP contribution in [0.1, 0.15) is 36.0 Å². The van der Waals surface area contributed by atoms with Crippen molar-refractivity contribution in [3.8, 4) is 5.75 Å². The lowest BCUT2D eigenvalue weighted by Crippen LogP contribution is -2.47. The summed E-state index contributed by atoms with van der Waals surface area (Å²) < 4.78 is 20.1. The third-order valence-electron chi connectivity index (χ3n) is 6.26. The molecule has 2 heterocycles. The van der Waals surface area contributed by atoms with E-state index >= 15 is 0 Å². The summed E-state index contributed by atoms with van der Waals surface area (Å²) in [5.74, 6) is 0.241. The molecule has 3 N–H and O–H groups in total. The summed E-state index contributed by atoms with van der Waals surface area (Å²) in [4.78, 5) is 13.4. The number of aliphatic hydroxyl groups is 2. The lowest BCUT2D eigenvalue weighted by atomic mass is 9.84. The Bertz CT molecular complexity index is 947. The molecule has 1 fully saturated rings. The van der Waals surface area contributed by atoms with E-state index < -0.39 is 11.8 Å². The summed E-state index contributed by atoms with van der Waals surface area (Å²) in [5.41, 5.74) is 1.29. The number of benzene rings is 2. The number of fused-ring (bicyclic) bond motifs is 1. The smallest absolute Gasteiger partial charge is 0.224 e. The highest BCUT2D eigenvalue weighted by molar-refractivity contribution is 5.94. The van der Waals surface area contributed by atoms with E-state index in [0.717, 1.165) is 5.56 Å². The first kappa shape index (κ1) is 23.5. The van der Waals surface area contributed by atoms with Crippen molar-refractivity contribution in [2.75, 3.05) is 25.5 Å². The van der Waals surface area contributed by atoms with Crippen LogP contribution in [0.2, 0.25) is 0 Å². The van der Waals surface area contributed by atoms with Crippen LogP contribution in [0.5, 0.6) is 5.75 Å². The molecule has 1 atom stereocenters. The number of likely N-dealkylation sites (tertiary alicyclic amines) is 1. The number of rotatable bonds is 5. The highest BCUT2D eigenvalue weighted by Crippen LogP contribution is 2.35. The number of nitrogens with zero attached hydrogens (tertiary/aromatic N) is 1. The van der Waals surface area contributed by atoms with E-state index in [1.165, 1.54) is 0 Å². The third-order valence-corrected chi connectivity index (χ3v) is 6.26. The lowest BCUT2D eigenvalue weighted by molar-refractivity contribution is -0.116. The maximum atomic E-state index is 14.9. The summed E-state index contributed by atoms with van der Waals surface area (Å²) in [6.45, 7) is 0.995. The molecule has 31 heavy (non-hydrogen) atoms. The van der Waals surface area contributed by atoms with Crippen molar-refractivity contribution in [3.05, 3.63) is 58.9 Å². The Morgan fingerprint density at radius 3 is 2.68 bits per heavy atom. The van der Waals surface area contributed by atoms with Gasteiger partial charge in [-0.15, -0.1) is 12.4 Å². The number of anilines is 1. The highest BCUT2D eigenvalue weighted by atomic mass is 35.5. The molecule has 0 bridgehead atoms. The van der Waals surface area contributed by atoms with Crippen LogP contribution in [0.4, 0.5) is 10.1 Å². The van der Waals surface area contributed by atoms with Gasteiger partial charge in [-0.25, -0.2) is 4.39 Å². The van der Waals surface area contributed by atoms with Gasteiger partial charge in [0.2, 0.25) is 5.91 Å². The van der Waals surface area contributed by atoms with Crippen molar-refractivity contribution in [1.82, 2.24) is 4.90 Å². The van der Waals surface area contributed by atoms with Gasteiger partial charge in [0.1, 0.15) is 17.8 Å². The zero-order valence-corrected chi connectivity index (χ0v) is 18.3. The van der Waals surface area contributed by atoms with E-state index in [2.05, 4.69) is 5.32 Å². The largest absolute Gasteiger partial charge is 0.497 e. The molecule has 1 amide bonds. The first-order valence-electron chi connectivity index (χ1n) is 10.3. The molecule has 0 spiro atoms. The number of methoxy groups -OCH3 is 1. The number of nitrogens with one attached hydrogen (secondary N) is 1. The summed E-state index contributed by atoms with van der Waals surface area (Å²) >= 11 is 0. The van der Waals surface area contributed by atoms with Crippen molar-refractivity contribution < 1.29 is 24.1 Å². The first-order valence-corrected chi connectivity index (χ1v) is 10.3. The summed E-state index contributed by atoms with van der Waals surface area (Å²) in [7, 11) is 1.59. The van der Waals surface area contributed by atoms with Gasteiger partial charge in [0.25, 0.3) is 0 Å². The zero-order chi connectivity index (χ0) is 21.3. The van der Waals surface area contributed by atoms with E-state index in [1.54, 1.807) is 19.2 Å². The lowest BCUT2D eigenvalue weighted by Gasteiger charge is -2.40. The number of hydrogen-bond donors (Lipinski definition) is 3. The van der Waals surface area contributed by atoms with E-state index in [0.29, 0.717) is 54.9 Å². The Hall–Kier alpha value is -2.19. The summed E-state index contributed by atoms with van der Waals surface area (Å²) in [6.07, 6.45) is 0.890. The second-order valence-electron chi connectivity index (χ2n) is 8.10. The van der Waals surface area contributed by atoms with Gasteiger partial charge in [-0.05, 0) is 48.6 Å². The molecule has 0 saturated carbocycles. The van der Waals surface area contributed by atoms with E-state index in [1.807, 2.05) is 29.2 Å². The minimum atomic E-state index is -0.972. The molecule has 168 valence electrons. The van der Waals surface area contributed by atoms with Crippen LogP contribution in [0.3, 0.4) is 0 Å². The average Bonchev–Trinajstić information content (AvgIpc) is 2.76. The normalized spacial score (nSPS) is 19.0. The Labute approximate surface area is 187 Å². The molecule has 2 aliphatic heterocycles. The molecule has 1 saturated heterocycles. The molecule has 2 aromatic rings. The Morgan fingerprint density at radius 1 is 1.23 bits per heavy atom. The maximum Gasteiger partial charge on any atom is 0.224 e. The van der Waals surface area contributed by atoms with E-state index in [-0.39, 0.29) is 37.0 Å². The van der Waals surface area contributed by atoms with Gasteiger partial charge in [0.05, 0.1) is 12.7 Å². The molecule has 2 aromatic carbocycles. The molecule has 2 aliphatic rings. The fourth-order valence-corrected chi connectivity index (χ4v) is 4.36. The van der Waals surface area contributed by atoms with Gasteiger partial charge in [-0.3, -0.25) is 9.69 Å². The molecule has 0 radical (unpaired) electrons. The van der Waals surface area contributed by atoms with Gasteiger partial charge in [0.15, 0.2) is 0 Å². The number of aliphatic hydroxyl groups excluding tert-OH is 1. The molecular formula is C23H28ClFN2O4. The monoisotopic (exact) mass is 450 g/mol. The molecule has 4 rings (SSSR count). The number of carbonyl (C=O) groups is 1. The van der Waals surface area contributed by atoms with Gasteiger partial charge in [-0.1, -0.05) is 18.2 Å². The predicted octanol–water partition coefficient (Wildman–Crippen LogP) is 2.99. The standard InChI is InChI=1S/C23H27FN2O4.ClH/c1-30-17-4-2-3-16(14-17)23(29)9-11-26(12-10-23)21(28)13-15-5-7-19-18(22(15)24)6-8-20(27)25-19;/h2-5,7,14,21,28-29H,6,8-13H2,1H3,(H,25,27);1H. The quantitative estimate of drug-likeness (QED) is 0.652. The van der Waals surface area contributed by atoms with E-state index in [9.17, 15) is 19.4 Å². The fourth-order valence-electron chi connectivity index (χ4n) is 4.36. The van der Waals surface area contributed by atoms with Crippen molar-refractivity contribution in [1.29, 1.82) is 0 Å². The Morgan fingerprint density at radius 2 is 1.97 bits per heavy atom. The van der Waals surface area contributed by atoms with Crippen LogP contribution in [0.25, 0.3) is 0 Å². The highest BCUT2D eigenvalue weighted by Gasteiger charge is 2.36. The number of piperidine rings is 1. The molecular weight excluding hydrogens is 423 g/mol. The number of ether oxygens (including phenoxy) is 1. The summed E-state index contributed by atoms with van der Waals surface area (Å²) in [6, 6.07) is 10.7. The van der Waals surface area contributed by atoms with Gasteiger partial charge < -0.3 is 20.3 Å². The van der Waals surface area contributed by atoms with E-state index in [4.69, 9.17) is 4.74 Å². The molecule has 8 heteroatoms.